The second kappa shape index (κ2) is 3.41. The van der Waals surface area contributed by atoms with Gasteiger partial charge < -0.3 is 0 Å². The summed E-state index contributed by atoms with van der Waals surface area (Å²) < 4.78 is 22.4. The Morgan fingerprint density at radius 2 is 2.38 bits per heavy atom. The molecule has 1 aromatic heterocycles. The average molecular weight is 214 g/mol. The topological polar surface area (TPSA) is 62.2 Å². The number of nitrogens with one attached hydrogen (secondary N) is 1. The van der Waals surface area contributed by atoms with E-state index in [9.17, 15) is 4.21 Å². The van der Waals surface area contributed by atoms with Crippen LogP contribution in [0.5, 0.6) is 0 Å². The lowest BCUT2D eigenvalue weighted by Gasteiger charge is -1.99. The standard InChI is InChI=1S/C7H6N2O2S2/c10-13(11)9-5-1-2-7-6(3-5)8-4-12-7/h1-4,9H,(H,10,11). The number of hydrogen-bond donors (Lipinski definition) is 2. The minimum Gasteiger partial charge on any atom is -0.289 e. The lowest BCUT2D eigenvalue weighted by Crippen LogP contribution is -2.01. The number of rotatable bonds is 2. The molecule has 0 aliphatic heterocycles. The van der Waals surface area contributed by atoms with Crippen LogP contribution in [0.2, 0.25) is 0 Å². The van der Waals surface area contributed by atoms with Gasteiger partial charge in [0.2, 0.25) is 0 Å². The Balaban J connectivity index is 2.42. The van der Waals surface area contributed by atoms with E-state index in [4.69, 9.17) is 4.55 Å². The van der Waals surface area contributed by atoms with Crippen molar-refractivity contribution in [2.24, 2.45) is 0 Å². The van der Waals surface area contributed by atoms with Gasteiger partial charge in [0.15, 0.2) is 0 Å². The van der Waals surface area contributed by atoms with E-state index in [0.717, 1.165) is 10.2 Å². The molecule has 1 heterocycles. The van der Waals surface area contributed by atoms with Crippen LogP contribution in [0.4, 0.5) is 5.69 Å². The van der Waals surface area contributed by atoms with Crippen LogP contribution in [0.15, 0.2) is 23.7 Å². The van der Waals surface area contributed by atoms with Crippen LogP contribution < -0.4 is 4.72 Å². The fraction of sp³-hybridized carbons (Fsp3) is 0. The molecule has 0 aliphatic carbocycles. The van der Waals surface area contributed by atoms with Gasteiger partial charge in [-0.15, -0.1) is 11.3 Å². The zero-order chi connectivity index (χ0) is 9.26. The van der Waals surface area contributed by atoms with E-state index in [1.54, 1.807) is 17.6 Å². The third-order valence-electron chi connectivity index (χ3n) is 1.54. The summed E-state index contributed by atoms with van der Waals surface area (Å²) in [6.45, 7) is 0. The highest BCUT2D eigenvalue weighted by atomic mass is 32.2. The normalized spacial score (nSPS) is 13.0. The maximum absolute atomic E-state index is 10.4. The molecule has 0 radical (unpaired) electrons. The summed E-state index contributed by atoms with van der Waals surface area (Å²) in [6.07, 6.45) is 0. The second-order valence-corrected chi connectivity index (χ2v) is 3.97. The molecule has 13 heavy (non-hydrogen) atoms. The smallest absolute Gasteiger partial charge is 0.259 e. The molecular weight excluding hydrogens is 208 g/mol. The van der Waals surface area contributed by atoms with Crippen molar-refractivity contribution in [3.63, 3.8) is 0 Å². The highest BCUT2D eigenvalue weighted by molar-refractivity contribution is 7.80. The van der Waals surface area contributed by atoms with E-state index in [0.29, 0.717) is 5.69 Å². The number of anilines is 1. The van der Waals surface area contributed by atoms with E-state index < -0.39 is 11.3 Å². The number of fused-ring (bicyclic) bond motifs is 1. The third kappa shape index (κ3) is 1.85. The fourth-order valence-corrected chi connectivity index (χ4v) is 2.01. The Bertz CT molecular complexity index is 454. The van der Waals surface area contributed by atoms with Gasteiger partial charge in [-0.05, 0) is 18.2 Å². The molecule has 2 aromatic rings. The maximum atomic E-state index is 10.4. The van der Waals surface area contributed by atoms with E-state index in [1.807, 2.05) is 6.07 Å². The lowest BCUT2D eigenvalue weighted by molar-refractivity contribution is 0.570. The maximum Gasteiger partial charge on any atom is 0.259 e. The van der Waals surface area contributed by atoms with Gasteiger partial charge in [0, 0.05) is 0 Å². The van der Waals surface area contributed by atoms with Gasteiger partial charge in [0.05, 0.1) is 21.4 Å². The first kappa shape index (κ1) is 8.61. The summed E-state index contributed by atoms with van der Waals surface area (Å²) in [5, 5.41) is 0. The van der Waals surface area contributed by atoms with Crippen molar-refractivity contribution in [2.45, 2.75) is 0 Å². The van der Waals surface area contributed by atoms with E-state index in [1.165, 1.54) is 11.3 Å². The Labute approximate surface area is 81.0 Å². The zero-order valence-corrected chi connectivity index (χ0v) is 8.06. The number of aromatic nitrogens is 1. The van der Waals surface area contributed by atoms with Gasteiger partial charge in [0.25, 0.3) is 11.3 Å². The molecule has 0 saturated carbocycles. The van der Waals surface area contributed by atoms with Crippen LogP contribution in [0, 0.1) is 0 Å². The molecule has 0 amide bonds. The van der Waals surface area contributed by atoms with Crippen LogP contribution in [0.3, 0.4) is 0 Å². The summed E-state index contributed by atoms with van der Waals surface area (Å²) in [4.78, 5) is 4.08. The molecule has 0 spiro atoms. The van der Waals surface area contributed by atoms with Gasteiger partial charge >= 0.3 is 0 Å². The molecule has 1 aromatic carbocycles. The minimum absolute atomic E-state index is 0.597. The van der Waals surface area contributed by atoms with E-state index in [2.05, 4.69) is 9.71 Å². The summed E-state index contributed by atoms with van der Waals surface area (Å²) in [5.74, 6) is 0. The van der Waals surface area contributed by atoms with Gasteiger partial charge in [0.1, 0.15) is 0 Å². The van der Waals surface area contributed by atoms with Crippen molar-refractivity contribution in [3.05, 3.63) is 23.7 Å². The molecule has 0 fully saturated rings. The van der Waals surface area contributed by atoms with Crippen LogP contribution in [0.1, 0.15) is 0 Å². The van der Waals surface area contributed by atoms with Crippen molar-refractivity contribution in [2.75, 3.05) is 4.72 Å². The SMILES string of the molecule is O=S(O)Nc1ccc2scnc2c1. The third-order valence-corrected chi connectivity index (χ3v) is 2.76. The quantitative estimate of drug-likeness (QED) is 0.750. The Morgan fingerprint density at radius 1 is 1.54 bits per heavy atom. The monoisotopic (exact) mass is 214 g/mol. The van der Waals surface area contributed by atoms with Gasteiger partial charge in [-0.1, -0.05) is 0 Å². The summed E-state index contributed by atoms with van der Waals surface area (Å²) >= 11 is -0.484. The molecule has 0 aliphatic rings. The molecule has 0 bridgehead atoms. The largest absolute Gasteiger partial charge is 0.289 e. The summed E-state index contributed by atoms with van der Waals surface area (Å²) in [5.41, 5.74) is 3.17. The van der Waals surface area contributed by atoms with Gasteiger partial charge in [-0.3, -0.25) is 9.27 Å². The van der Waals surface area contributed by atoms with Crippen molar-refractivity contribution in [1.29, 1.82) is 0 Å². The molecular formula is C7H6N2O2S2. The first-order chi connectivity index (χ1) is 6.25. The molecule has 68 valence electrons. The van der Waals surface area contributed by atoms with Gasteiger partial charge in [-0.25, -0.2) is 9.19 Å². The Hall–Kier alpha value is -0.980. The van der Waals surface area contributed by atoms with Crippen LogP contribution in [0.25, 0.3) is 10.2 Å². The molecule has 0 saturated heterocycles. The fourth-order valence-electron chi connectivity index (χ4n) is 1.02. The average Bonchev–Trinajstić information content (AvgIpc) is 2.49. The van der Waals surface area contributed by atoms with Crippen LogP contribution in [-0.4, -0.2) is 13.7 Å². The Kier molecular flexibility index (Phi) is 2.26. The molecule has 6 heteroatoms. The summed E-state index contributed by atoms with van der Waals surface area (Å²) in [7, 11) is 0. The summed E-state index contributed by atoms with van der Waals surface area (Å²) in [6, 6.07) is 5.34. The number of hydrogen-bond acceptors (Lipinski definition) is 3. The molecule has 2 N–H and O–H groups in total. The Morgan fingerprint density at radius 3 is 3.15 bits per heavy atom. The highest BCUT2D eigenvalue weighted by Gasteiger charge is 1.99. The number of nitrogens with zero attached hydrogens (tertiary/aromatic N) is 1. The van der Waals surface area contributed by atoms with Crippen LogP contribution in [-0.2, 0) is 11.3 Å². The first-order valence-corrected chi connectivity index (χ1v) is 5.45. The van der Waals surface area contributed by atoms with Crippen molar-refractivity contribution >= 4 is 38.5 Å². The predicted molar refractivity (Wildman–Crippen MR) is 54.0 cm³/mol. The van der Waals surface area contributed by atoms with Crippen molar-refractivity contribution in [1.82, 2.24) is 4.98 Å². The second-order valence-electron chi connectivity index (χ2n) is 2.39. The molecule has 1 unspecified atom stereocenters. The van der Waals surface area contributed by atoms with Gasteiger partial charge in [-0.2, -0.15) is 0 Å². The first-order valence-electron chi connectivity index (χ1n) is 3.46. The highest BCUT2D eigenvalue weighted by Crippen LogP contribution is 2.21. The van der Waals surface area contributed by atoms with E-state index >= 15 is 0 Å². The molecule has 4 nitrogen and oxygen atoms in total. The predicted octanol–water partition coefficient (Wildman–Crippen LogP) is 1.84. The zero-order valence-electron chi connectivity index (χ0n) is 6.43. The van der Waals surface area contributed by atoms with Crippen LogP contribution >= 0.6 is 11.3 Å². The minimum atomic E-state index is -2.02. The molecule has 2 rings (SSSR count). The van der Waals surface area contributed by atoms with Crippen molar-refractivity contribution < 1.29 is 8.76 Å². The number of benzene rings is 1. The number of thiazole rings is 1. The lowest BCUT2D eigenvalue weighted by atomic mass is 10.3. The van der Waals surface area contributed by atoms with Crippen molar-refractivity contribution in [3.8, 4) is 0 Å². The van der Waals surface area contributed by atoms with E-state index in [-0.39, 0.29) is 0 Å². The molecule has 1 atom stereocenters.